The van der Waals surface area contributed by atoms with Gasteiger partial charge in [0.05, 0.1) is 0 Å². The number of rotatable bonds is 7. The zero-order valence-corrected chi connectivity index (χ0v) is 15.8. The van der Waals surface area contributed by atoms with E-state index in [1.165, 1.54) is 43.6 Å². The SMILES string of the molecule is CN=C(NCCc1c[nH]c2cc(F)ccc12)NCC(C)CN1CCCC1. The van der Waals surface area contributed by atoms with Crippen LogP contribution in [0, 0.1) is 11.7 Å². The lowest BCUT2D eigenvalue weighted by molar-refractivity contribution is 0.287. The van der Waals surface area contributed by atoms with E-state index in [-0.39, 0.29) is 5.82 Å². The van der Waals surface area contributed by atoms with Gasteiger partial charge in [0.15, 0.2) is 5.96 Å². The molecule has 3 rings (SSSR count). The number of likely N-dealkylation sites (tertiary alicyclic amines) is 1. The van der Waals surface area contributed by atoms with Gasteiger partial charge < -0.3 is 20.5 Å². The molecule has 6 heteroatoms. The Morgan fingerprint density at radius 2 is 2.12 bits per heavy atom. The first kappa shape index (κ1) is 18.7. The summed E-state index contributed by atoms with van der Waals surface area (Å²) in [4.78, 5) is 9.99. The smallest absolute Gasteiger partial charge is 0.190 e. The summed E-state index contributed by atoms with van der Waals surface area (Å²) >= 11 is 0. The van der Waals surface area contributed by atoms with Gasteiger partial charge in [0.25, 0.3) is 0 Å². The van der Waals surface area contributed by atoms with E-state index < -0.39 is 0 Å². The number of guanidine groups is 1. The Kier molecular flexibility index (Phi) is 6.50. The van der Waals surface area contributed by atoms with Crippen LogP contribution in [0.25, 0.3) is 10.9 Å². The maximum absolute atomic E-state index is 13.3. The molecule has 1 aliphatic heterocycles. The molecule has 0 spiro atoms. The van der Waals surface area contributed by atoms with Crippen molar-refractivity contribution in [3.63, 3.8) is 0 Å². The molecule has 1 aromatic heterocycles. The van der Waals surface area contributed by atoms with Crippen molar-refractivity contribution in [1.29, 1.82) is 0 Å². The minimum absolute atomic E-state index is 0.211. The molecule has 0 aliphatic carbocycles. The third-order valence-electron chi connectivity index (χ3n) is 5.03. The van der Waals surface area contributed by atoms with Crippen LogP contribution in [0.5, 0.6) is 0 Å². The molecule has 0 amide bonds. The molecule has 1 saturated heterocycles. The summed E-state index contributed by atoms with van der Waals surface area (Å²) in [6.07, 6.45) is 5.49. The number of aromatic nitrogens is 1. The van der Waals surface area contributed by atoms with E-state index in [4.69, 9.17) is 0 Å². The lowest BCUT2D eigenvalue weighted by atomic mass is 10.1. The summed E-state index contributed by atoms with van der Waals surface area (Å²) in [6, 6.07) is 4.88. The van der Waals surface area contributed by atoms with Crippen LogP contribution in [0.15, 0.2) is 29.4 Å². The maximum atomic E-state index is 13.3. The van der Waals surface area contributed by atoms with Gasteiger partial charge in [-0.1, -0.05) is 6.92 Å². The predicted octanol–water partition coefficient (Wildman–Crippen LogP) is 2.75. The Hall–Kier alpha value is -2.08. The number of H-pyrrole nitrogens is 1. The van der Waals surface area contributed by atoms with Gasteiger partial charge in [0, 0.05) is 43.8 Å². The minimum atomic E-state index is -0.211. The number of hydrogen-bond donors (Lipinski definition) is 3. The van der Waals surface area contributed by atoms with Crippen LogP contribution in [-0.4, -0.2) is 55.6 Å². The molecule has 142 valence electrons. The summed E-state index contributed by atoms with van der Waals surface area (Å²) in [5, 5.41) is 7.87. The zero-order chi connectivity index (χ0) is 18.4. The van der Waals surface area contributed by atoms with E-state index in [1.807, 2.05) is 12.3 Å². The first-order valence-corrected chi connectivity index (χ1v) is 9.58. The van der Waals surface area contributed by atoms with Gasteiger partial charge in [0.1, 0.15) is 5.82 Å². The molecule has 1 aromatic carbocycles. The Labute approximate surface area is 155 Å². The number of nitrogens with one attached hydrogen (secondary N) is 3. The van der Waals surface area contributed by atoms with Crippen molar-refractivity contribution in [3.05, 3.63) is 35.8 Å². The second-order valence-electron chi connectivity index (χ2n) is 7.25. The van der Waals surface area contributed by atoms with Crippen LogP contribution >= 0.6 is 0 Å². The van der Waals surface area contributed by atoms with Crippen LogP contribution in [0.1, 0.15) is 25.3 Å². The topological polar surface area (TPSA) is 55.5 Å². The fraction of sp³-hybridized carbons (Fsp3) is 0.550. The van der Waals surface area contributed by atoms with E-state index in [0.29, 0.717) is 5.92 Å². The van der Waals surface area contributed by atoms with Gasteiger partial charge in [-0.3, -0.25) is 4.99 Å². The first-order chi connectivity index (χ1) is 12.7. The number of benzene rings is 1. The van der Waals surface area contributed by atoms with Gasteiger partial charge in [-0.2, -0.15) is 0 Å². The van der Waals surface area contributed by atoms with Crippen molar-refractivity contribution in [2.75, 3.05) is 39.8 Å². The van der Waals surface area contributed by atoms with Gasteiger partial charge in [0.2, 0.25) is 0 Å². The highest BCUT2D eigenvalue weighted by atomic mass is 19.1. The van der Waals surface area contributed by atoms with Crippen molar-refractivity contribution in [3.8, 4) is 0 Å². The lowest BCUT2D eigenvalue weighted by Crippen LogP contribution is -2.42. The normalized spacial score (nSPS) is 17.0. The van der Waals surface area contributed by atoms with Crippen molar-refractivity contribution >= 4 is 16.9 Å². The Morgan fingerprint density at radius 1 is 1.31 bits per heavy atom. The minimum Gasteiger partial charge on any atom is -0.361 e. The van der Waals surface area contributed by atoms with Crippen LogP contribution < -0.4 is 10.6 Å². The van der Waals surface area contributed by atoms with E-state index in [0.717, 1.165) is 42.9 Å². The standard InChI is InChI=1S/C20H30FN5/c1-15(14-26-9-3-4-10-26)12-25-20(22-2)23-8-7-16-13-24-19-11-17(21)5-6-18(16)19/h5-6,11,13,15,24H,3-4,7-10,12,14H2,1-2H3,(H2,22,23,25). The average Bonchev–Trinajstić information content (AvgIpc) is 3.27. The molecule has 2 heterocycles. The Bertz CT molecular complexity index is 733. The molecule has 0 bridgehead atoms. The van der Waals surface area contributed by atoms with Gasteiger partial charge in [-0.05, 0) is 62.0 Å². The number of nitrogens with zero attached hydrogens (tertiary/aromatic N) is 2. The van der Waals surface area contributed by atoms with Gasteiger partial charge in [-0.25, -0.2) is 4.39 Å². The van der Waals surface area contributed by atoms with E-state index >= 15 is 0 Å². The number of aliphatic imine (C=N–C) groups is 1. The van der Waals surface area contributed by atoms with E-state index in [2.05, 4.69) is 32.4 Å². The third-order valence-corrected chi connectivity index (χ3v) is 5.03. The highest BCUT2D eigenvalue weighted by Crippen LogP contribution is 2.19. The second kappa shape index (κ2) is 9.03. The maximum Gasteiger partial charge on any atom is 0.190 e. The lowest BCUT2D eigenvalue weighted by Gasteiger charge is -2.21. The molecular formula is C20H30FN5. The van der Waals surface area contributed by atoms with Crippen LogP contribution in [0.2, 0.25) is 0 Å². The largest absolute Gasteiger partial charge is 0.361 e. The molecule has 2 aromatic rings. The van der Waals surface area contributed by atoms with Gasteiger partial charge >= 0.3 is 0 Å². The quantitative estimate of drug-likeness (QED) is 0.526. The van der Waals surface area contributed by atoms with Gasteiger partial charge in [-0.15, -0.1) is 0 Å². The molecular weight excluding hydrogens is 329 g/mol. The van der Waals surface area contributed by atoms with Crippen molar-refractivity contribution in [2.45, 2.75) is 26.2 Å². The summed E-state index contributed by atoms with van der Waals surface area (Å²) in [5.74, 6) is 1.22. The van der Waals surface area contributed by atoms with Crippen LogP contribution in [-0.2, 0) is 6.42 Å². The summed E-state index contributed by atoms with van der Waals surface area (Å²) in [5.41, 5.74) is 2.03. The van der Waals surface area contributed by atoms with Crippen LogP contribution in [0.3, 0.4) is 0 Å². The van der Waals surface area contributed by atoms with Crippen LogP contribution in [0.4, 0.5) is 4.39 Å². The molecule has 1 atom stereocenters. The molecule has 0 radical (unpaired) electrons. The molecule has 3 N–H and O–H groups in total. The fourth-order valence-corrected chi connectivity index (χ4v) is 3.64. The Balaban J connectivity index is 1.42. The number of fused-ring (bicyclic) bond motifs is 1. The second-order valence-corrected chi connectivity index (χ2v) is 7.25. The Morgan fingerprint density at radius 3 is 2.88 bits per heavy atom. The highest BCUT2D eigenvalue weighted by molar-refractivity contribution is 5.83. The average molecular weight is 359 g/mol. The molecule has 26 heavy (non-hydrogen) atoms. The van der Waals surface area contributed by atoms with E-state index in [1.54, 1.807) is 7.05 Å². The molecule has 1 fully saturated rings. The number of halogens is 1. The van der Waals surface area contributed by atoms with Crippen molar-refractivity contribution in [2.24, 2.45) is 10.9 Å². The zero-order valence-electron chi connectivity index (χ0n) is 15.8. The summed E-state index contributed by atoms with van der Waals surface area (Å²) in [6.45, 7) is 7.62. The van der Waals surface area contributed by atoms with Crippen molar-refractivity contribution in [1.82, 2.24) is 20.5 Å². The summed E-state index contributed by atoms with van der Waals surface area (Å²) < 4.78 is 13.3. The van der Waals surface area contributed by atoms with Crippen molar-refractivity contribution < 1.29 is 4.39 Å². The third kappa shape index (κ3) is 4.97. The molecule has 5 nitrogen and oxygen atoms in total. The number of hydrogen-bond acceptors (Lipinski definition) is 2. The fourth-order valence-electron chi connectivity index (χ4n) is 3.64. The highest BCUT2D eigenvalue weighted by Gasteiger charge is 2.14. The van der Waals surface area contributed by atoms with E-state index in [9.17, 15) is 4.39 Å². The summed E-state index contributed by atoms with van der Waals surface area (Å²) in [7, 11) is 1.80. The number of aromatic amines is 1. The monoisotopic (exact) mass is 359 g/mol. The first-order valence-electron chi connectivity index (χ1n) is 9.58. The molecule has 1 unspecified atom stereocenters. The molecule has 0 saturated carbocycles. The predicted molar refractivity (Wildman–Crippen MR) is 106 cm³/mol. The molecule has 1 aliphatic rings.